The molecule has 180 valence electrons. The van der Waals surface area contributed by atoms with Crippen LogP contribution >= 0.6 is 23.2 Å². The number of hydrogen-bond acceptors (Lipinski definition) is 8. The van der Waals surface area contributed by atoms with E-state index < -0.39 is 23.9 Å². The molecule has 2 heterocycles. The predicted octanol–water partition coefficient (Wildman–Crippen LogP) is 3.80. The Kier molecular flexibility index (Phi) is 7.85. The first-order valence-corrected chi connectivity index (χ1v) is 10.7. The third-order valence-electron chi connectivity index (χ3n) is 4.36. The number of methoxy groups -OCH3 is 1. The largest absolute Gasteiger partial charge is 0.479 e. The standard InChI is InChI=1S/C22H20Cl2N2O8/c1-11(2)33-18(27)10-32-19-14(23)6-12(7-15(19)24)8-16-20(28)26(22(30)25-16)9-13-4-5-17(34-13)21(29)31-3/h4-8,11H,9-10H2,1-3H3,(H,25,30)/b16-8-. The molecule has 0 spiro atoms. The number of amides is 3. The number of ether oxygens (including phenoxy) is 3. The molecule has 1 aliphatic rings. The van der Waals surface area contributed by atoms with Crippen molar-refractivity contribution in [2.24, 2.45) is 0 Å². The molecule has 0 unspecified atom stereocenters. The molecule has 3 amide bonds. The van der Waals surface area contributed by atoms with Crippen LogP contribution in [0.2, 0.25) is 10.0 Å². The number of rotatable bonds is 8. The van der Waals surface area contributed by atoms with Gasteiger partial charge in [-0.25, -0.2) is 14.4 Å². The van der Waals surface area contributed by atoms with Gasteiger partial charge in [-0.05, 0) is 49.8 Å². The summed E-state index contributed by atoms with van der Waals surface area (Å²) >= 11 is 12.5. The summed E-state index contributed by atoms with van der Waals surface area (Å²) < 4.78 is 20.2. The first-order valence-electron chi connectivity index (χ1n) is 9.92. The van der Waals surface area contributed by atoms with E-state index in [-0.39, 0.29) is 52.3 Å². The van der Waals surface area contributed by atoms with Crippen molar-refractivity contribution in [2.75, 3.05) is 13.7 Å². The molecule has 1 fully saturated rings. The minimum atomic E-state index is -0.679. The van der Waals surface area contributed by atoms with E-state index in [0.717, 1.165) is 4.90 Å². The molecule has 12 heteroatoms. The highest BCUT2D eigenvalue weighted by Crippen LogP contribution is 2.35. The Bertz CT molecular complexity index is 1150. The molecule has 1 aliphatic heterocycles. The van der Waals surface area contributed by atoms with E-state index in [1.807, 2.05) is 0 Å². The Morgan fingerprint density at radius 1 is 1.18 bits per heavy atom. The minimum absolute atomic E-state index is 0.0222. The second kappa shape index (κ2) is 10.6. The lowest BCUT2D eigenvalue weighted by Crippen LogP contribution is -2.30. The Morgan fingerprint density at radius 2 is 1.85 bits per heavy atom. The first kappa shape index (κ1) is 25.1. The van der Waals surface area contributed by atoms with Gasteiger partial charge < -0.3 is 23.9 Å². The van der Waals surface area contributed by atoms with Crippen LogP contribution in [0.25, 0.3) is 6.08 Å². The normalized spacial score (nSPS) is 14.5. The maximum atomic E-state index is 12.7. The van der Waals surface area contributed by atoms with Crippen molar-refractivity contribution in [1.82, 2.24) is 10.2 Å². The van der Waals surface area contributed by atoms with Crippen LogP contribution in [0.15, 0.2) is 34.4 Å². The van der Waals surface area contributed by atoms with E-state index in [2.05, 4.69) is 10.1 Å². The van der Waals surface area contributed by atoms with Gasteiger partial charge in [-0.1, -0.05) is 23.2 Å². The van der Waals surface area contributed by atoms with Gasteiger partial charge in [0.2, 0.25) is 5.76 Å². The number of imide groups is 1. The van der Waals surface area contributed by atoms with Crippen molar-refractivity contribution in [3.05, 3.63) is 57.1 Å². The minimum Gasteiger partial charge on any atom is -0.479 e. The van der Waals surface area contributed by atoms with E-state index >= 15 is 0 Å². The molecular weight excluding hydrogens is 491 g/mol. The molecule has 0 aliphatic carbocycles. The monoisotopic (exact) mass is 510 g/mol. The predicted molar refractivity (Wildman–Crippen MR) is 120 cm³/mol. The lowest BCUT2D eigenvalue weighted by Gasteiger charge is -2.12. The number of carbonyl (C=O) groups is 4. The summed E-state index contributed by atoms with van der Waals surface area (Å²) in [5.74, 6) is -1.64. The summed E-state index contributed by atoms with van der Waals surface area (Å²) in [5, 5.41) is 2.65. The lowest BCUT2D eigenvalue weighted by molar-refractivity contribution is -0.149. The highest BCUT2D eigenvalue weighted by Gasteiger charge is 2.34. The van der Waals surface area contributed by atoms with Crippen LogP contribution in [0.4, 0.5) is 4.79 Å². The van der Waals surface area contributed by atoms with Crippen molar-refractivity contribution < 1.29 is 37.8 Å². The van der Waals surface area contributed by atoms with Gasteiger partial charge in [0.25, 0.3) is 5.91 Å². The summed E-state index contributed by atoms with van der Waals surface area (Å²) in [4.78, 5) is 49.1. The molecule has 1 saturated heterocycles. The SMILES string of the molecule is COC(=O)c1ccc(CN2C(=O)N/C(=C\c3cc(Cl)c(OCC(=O)OC(C)C)c(Cl)c3)C2=O)o1. The molecule has 0 radical (unpaired) electrons. The van der Waals surface area contributed by atoms with Gasteiger partial charge >= 0.3 is 18.0 Å². The van der Waals surface area contributed by atoms with E-state index in [1.54, 1.807) is 13.8 Å². The quantitative estimate of drug-likeness (QED) is 0.323. The van der Waals surface area contributed by atoms with Gasteiger partial charge in [0.1, 0.15) is 11.5 Å². The van der Waals surface area contributed by atoms with Gasteiger partial charge in [-0.15, -0.1) is 0 Å². The van der Waals surface area contributed by atoms with Crippen molar-refractivity contribution in [3.63, 3.8) is 0 Å². The fourth-order valence-electron chi connectivity index (χ4n) is 2.94. The summed E-state index contributed by atoms with van der Waals surface area (Å²) in [7, 11) is 1.21. The summed E-state index contributed by atoms with van der Waals surface area (Å²) in [6, 6.07) is 5.09. The summed E-state index contributed by atoms with van der Waals surface area (Å²) in [6.45, 7) is 2.84. The molecule has 10 nitrogen and oxygen atoms in total. The molecule has 2 aromatic rings. The van der Waals surface area contributed by atoms with E-state index in [0.29, 0.717) is 5.56 Å². The molecular formula is C22H20Cl2N2O8. The number of nitrogens with zero attached hydrogens (tertiary/aromatic N) is 1. The van der Waals surface area contributed by atoms with Crippen LogP contribution in [0, 0.1) is 0 Å². The number of hydrogen-bond donors (Lipinski definition) is 1. The second-order valence-corrected chi connectivity index (χ2v) is 8.09. The molecule has 0 saturated carbocycles. The van der Waals surface area contributed by atoms with Gasteiger partial charge in [0, 0.05) is 0 Å². The van der Waals surface area contributed by atoms with Crippen LogP contribution in [-0.4, -0.2) is 48.6 Å². The summed E-state index contributed by atoms with van der Waals surface area (Å²) in [5.41, 5.74) is 0.384. The zero-order valence-corrected chi connectivity index (χ0v) is 19.9. The number of urea groups is 1. The lowest BCUT2D eigenvalue weighted by atomic mass is 10.1. The molecule has 1 N–H and O–H groups in total. The van der Waals surface area contributed by atoms with Gasteiger partial charge in [0.05, 0.1) is 29.8 Å². The van der Waals surface area contributed by atoms with Crippen LogP contribution in [0.3, 0.4) is 0 Å². The molecule has 0 bridgehead atoms. The maximum absolute atomic E-state index is 12.7. The third kappa shape index (κ3) is 5.89. The van der Waals surface area contributed by atoms with E-state index in [9.17, 15) is 19.2 Å². The van der Waals surface area contributed by atoms with Gasteiger partial charge in [-0.3, -0.25) is 9.69 Å². The van der Waals surface area contributed by atoms with Crippen LogP contribution in [0.5, 0.6) is 5.75 Å². The van der Waals surface area contributed by atoms with E-state index in [1.165, 1.54) is 37.5 Å². The zero-order chi connectivity index (χ0) is 25.0. The zero-order valence-electron chi connectivity index (χ0n) is 18.3. The van der Waals surface area contributed by atoms with Crippen LogP contribution in [0.1, 0.15) is 35.7 Å². The number of carbonyl (C=O) groups excluding carboxylic acids is 4. The third-order valence-corrected chi connectivity index (χ3v) is 4.92. The van der Waals surface area contributed by atoms with Crippen molar-refractivity contribution in [2.45, 2.75) is 26.5 Å². The molecule has 3 rings (SSSR count). The average molecular weight is 511 g/mol. The van der Waals surface area contributed by atoms with Crippen molar-refractivity contribution in [1.29, 1.82) is 0 Å². The number of esters is 2. The topological polar surface area (TPSA) is 124 Å². The maximum Gasteiger partial charge on any atom is 0.373 e. The highest BCUT2D eigenvalue weighted by molar-refractivity contribution is 6.37. The van der Waals surface area contributed by atoms with Gasteiger partial charge in [0.15, 0.2) is 12.4 Å². The van der Waals surface area contributed by atoms with Crippen LogP contribution < -0.4 is 10.1 Å². The van der Waals surface area contributed by atoms with Crippen molar-refractivity contribution in [3.8, 4) is 5.75 Å². The number of benzene rings is 1. The fourth-order valence-corrected chi connectivity index (χ4v) is 3.55. The van der Waals surface area contributed by atoms with E-state index in [4.69, 9.17) is 37.1 Å². The second-order valence-electron chi connectivity index (χ2n) is 7.28. The Morgan fingerprint density at radius 3 is 2.47 bits per heavy atom. The number of halogens is 2. The summed E-state index contributed by atoms with van der Waals surface area (Å²) in [6.07, 6.45) is 1.09. The molecule has 0 atom stereocenters. The number of nitrogens with one attached hydrogen (secondary N) is 1. The average Bonchev–Trinajstić information content (AvgIpc) is 3.32. The Balaban J connectivity index is 1.72. The number of furan rings is 1. The Labute approximate surface area is 204 Å². The molecule has 1 aromatic carbocycles. The molecule has 34 heavy (non-hydrogen) atoms. The van der Waals surface area contributed by atoms with Crippen molar-refractivity contribution >= 4 is 53.2 Å². The smallest absolute Gasteiger partial charge is 0.373 e. The first-order chi connectivity index (χ1) is 16.1. The van der Waals surface area contributed by atoms with Crippen LogP contribution in [-0.2, 0) is 25.6 Å². The molecule has 1 aromatic heterocycles. The fraction of sp³-hybridized carbons (Fsp3) is 0.273. The van der Waals surface area contributed by atoms with Gasteiger partial charge in [-0.2, -0.15) is 0 Å². The highest BCUT2D eigenvalue weighted by atomic mass is 35.5. The Hall–Kier alpha value is -3.50.